The zero-order valence-corrected chi connectivity index (χ0v) is 14.8. The number of amides is 3. The molecule has 1 aromatic carbocycles. The van der Waals surface area contributed by atoms with Crippen LogP contribution in [0.25, 0.3) is 0 Å². The molecule has 3 rings (SSSR count). The van der Waals surface area contributed by atoms with E-state index in [2.05, 4.69) is 5.32 Å². The molecule has 1 saturated heterocycles. The van der Waals surface area contributed by atoms with Gasteiger partial charge in [-0.25, -0.2) is 0 Å². The van der Waals surface area contributed by atoms with Crippen LogP contribution in [0.15, 0.2) is 24.3 Å². The fraction of sp³-hybridized carbons (Fsp3) is 0.500. The molecule has 1 fully saturated rings. The third kappa shape index (κ3) is 3.96. The van der Waals surface area contributed by atoms with Crippen LogP contribution in [0.4, 0.5) is 5.69 Å². The van der Waals surface area contributed by atoms with Crippen LogP contribution in [0, 0.1) is 0 Å². The predicted molar refractivity (Wildman–Crippen MR) is 93.9 cm³/mol. The van der Waals surface area contributed by atoms with Crippen molar-refractivity contribution < 1.29 is 23.9 Å². The van der Waals surface area contributed by atoms with Crippen molar-refractivity contribution in [3.8, 4) is 5.75 Å². The summed E-state index contributed by atoms with van der Waals surface area (Å²) >= 11 is 0. The maximum Gasteiger partial charge on any atom is 0.262 e. The first-order chi connectivity index (χ1) is 12.6. The molecule has 0 aliphatic carbocycles. The summed E-state index contributed by atoms with van der Waals surface area (Å²) in [6, 6.07) is 7.10. The number of fused-ring (bicyclic) bond motifs is 1. The largest absolute Gasteiger partial charge is 0.477 e. The summed E-state index contributed by atoms with van der Waals surface area (Å²) in [5.74, 6) is -0.0517. The Morgan fingerprint density at radius 2 is 1.81 bits per heavy atom. The zero-order valence-electron chi connectivity index (χ0n) is 14.8. The van der Waals surface area contributed by atoms with Gasteiger partial charge in [0.05, 0.1) is 25.4 Å². The molecule has 2 aliphatic heterocycles. The van der Waals surface area contributed by atoms with Gasteiger partial charge in [0.15, 0.2) is 6.10 Å². The van der Waals surface area contributed by atoms with Crippen molar-refractivity contribution >= 4 is 23.4 Å². The number of carbonyl (C=O) groups excluding carboxylic acids is 3. The Balaban J connectivity index is 1.67. The number of ether oxygens (including phenoxy) is 2. The molecule has 1 atom stereocenters. The minimum absolute atomic E-state index is 0.0500. The molecule has 0 aromatic heterocycles. The summed E-state index contributed by atoms with van der Waals surface area (Å²) in [5, 5.41) is 2.54. The van der Waals surface area contributed by atoms with Crippen LogP contribution in [0.2, 0.25) is 0 Å². The van der Waals surface area contributed by atoms with E-state index in [9.17, 15) is 14.4 Å². The number of hydrogen-bond acceptors (Lipinski definition) is 5. The number of rotatable bonds is 4. The van der Waals surface area contributed by atoms with Crippen molar-refractivity contribution in [3.63, 3.8) is 0 Å². The number of anilines is 1. The molecular weight excluding hydrogens is 338 g/mol. The molecule has 0 radical (unpaired) electrons. The second kappa shape index (κ2) is 8.18. The first-order valence-electron chi connectivity index (χ1n) is 8.73. The summed E-state index contributed by atoms with van der Waals surface area (Å²) in [6.07, 6.45) is -0.539. The van der Waals surface area contributed by atoms with Gasteiger partial charge in [-0.2, -0.15) is 0 Å². The highest BCUT2D eigenvalue weighted by Crippen LogP contribution is 2.33. The number of benzene rings is 1. The first-order valence-corrected chi connectivity index (χ1v) is 8.73. The van der Waals surface area contributed by atoms with Crippen LogP contribution in [0.5, 0.6) is 5.75 Å². The van der Waals surface area contributed by atoms with Gasteiger partial charge in [-0.15, -0.1) is 0 Å². The maximum atomic E-state index is 12.7. The molecule has 0 spiro atoms. The second-order valence-corrected chi connectivity index (χ2v) is 6.19. The number of morpholine rings is 1. The van der Waals surface area contributed by atoms with Crippen LogP contribution in [0.1, 0.15) is 12.8 Å². The van der Waals surface area contributed by atoms with Crippen molar-refractivity contribution in [2.24, 2.45) is 0 Å². The summed E-state index contributed by atoms with van der Waals surface area (Å²) in [6.45, 7) is 2.31. The van der Waals surface area contributed by atoms with Crippen LogP contribution in [0.3, 0.4) is 0 Å². The number of nitrogens with one attached hydrogen (secondary N) is 1. The van der Waals surface area contributed by atoms with Crippen LogP contribution in [-0.4, -0.2) is 68.6 Å². The smallest absolute Gasteiger partial charge is 0.262 e. The van der Waals surface area contributed by atoms with Gasteiger partial charge in [-0.05, 0) is 12.1 Å². The molecule has 3 amide bonds. The minimum Gasteiger partial charge on any atom is -0.477 e. The van der Waals surface area contributed by atoms with Crippen LogP contribution in [-0.2, 0) is 19.1 Å². The average Bonchev–Trinajstić information content (AvgIpc) is 2.70. The predicted octanol–water partition coefficient (Wildman–Crippen LogP) is 0.166. The van der Waals surface area contributed by atoms with E-state index in [0.717, 1.165) is 0 Å². The highest BCUT2D eigenvalue weighted by Gasteiger charge is 2.33. The van der Waals surface area contributed by atoms with E-state index in [4.69, 9.17) is 9.47 Å². The third-order valence-corrected chi connectivity index (χ3v) is 4.53. The Morgan fingerprint density at radius 1 is 1.12 bits per heavy atom. The van der Waals surface area contributed by atoms with E-state index in [-0.39, 0.29) is 37.1 Å². The van der Waals surface area contributed by atoms with Gasteiger partial charge in [0.1, 0.15) is 5.75 Å². The monoisotopic (exact) mass is 361 g/mol. The molecule has 0 unspecified atom stereocenters. The topological polar surface area (TPSA) is 88.2 Å². The van der Waals surface area contributed by atoms with E-state index >= 15 is 0 Å². The lowest BCUT2D eigenvalue weighted by atomic mass is 10.1. The number of nitrogens with zero attached hydrogens (tertiary/aromatic N) is 2. The summed E-state index contributed by atoms with van der Waals surface area (Å²) in [5.41, 5.74) is 0.622. The van der Waals surface area contributed by atoms with Crippen molar-refractivity contribution in [1.29, 1.82) is 0 Å². The highest BCUT2D eigenvalue weighted by molar-refractivity contribution is 5.98. The van der Waals surface area contributed by atoms with Crippen LogP contribution >= 0.6 is 0 Å². The molecule has 8 nitrogen and oxygen atoms in total. The van der Waals surface area contributed by atoms with Gasteiger partial charge in [-0.3, -0.25) is 14.4 Å². The fourth-order valence-corrected chi connectivity index (χ4v) is 3.09. The van der Waals surface area contributed by atoms with Gasteiger partial charge in [0.25, 0.3) is 5.91 Å². The van der Waals surface area contributed by atoms with Crippen LogP contribution < -0.4 is 15.0 Å². The normalized spacial score (nSPS) is 19.3. The second-order valence-electron chi connectivity index (χ2n) is 6.19. The van der Waals surface area contributed by atoms with E-state index < -0.39 is 6.10 Å². The number of para-hydroxylation sites is 2. The molecule has 2 aliphatic rings. The maximum absolute atomic E-state index is 12.7. The van der Waals surface area contributed by atoms with E-state index in [1.54, 1.807) is 23.1 Å². The molecule has 1 aromatic rings. The lowest BCUT2D eigenvalue weighted by Gasteiger charge is -2.34. The Labute approximate surface area is 152 Å². The van der Waals surface area contributed by atoms with Gasteiger partial charge in [0.2, 0.25) is 11.8 Å². The molecule has 140 valence electrons. The SMILES string of the molecule is CNC(=O)[C@H]1CN(C(=O)CCC(=O)N2CCOCC2)c2ccccc2O1. The lowest BCUT2D eigenvalue weighted by molar-refractivity contribution is -0.137. The summed E-state index contributed by atoms with van der Waals surface area (Å²) < 4.78 is 10.9. The quantitative estimate of drug-likeness (QED) is 0.826. The average molecular weight is 361 g/mol. The van der Waals surface area contributed by atoms with E-state index in [1.807, 2.05) is 6.07 Å². The zero-order chi connectivity index (χ0) is 18.5. The summed E-state index contributed by atoms with van der Waals surface area (Å²) in [4.78, 5) is 40.2. The molecule has 26 heavy (non-hydrogen) atoms. The molecule has 0 bridgehead atoms. The summed E-state index contributed by atoms with van der Waals surface area (Å²) in [7, 11) is 1.53. The van der Waals surface area contributed by atoms with E-state index in [0.29, 0.717) is 37.7 Å². The molecule has 2 heterocycles. The molecule has 1 N–H and O–H groups in total. The Morgan fingerprint density at radius 3 is 2.54 bits per heavy atom. The number of carbonyl (C=O) groups is 3. The van der Waals surface area contributed by atoms with Gasteiger partial charge in [0, 0.05) is 33.0 Å². The molecule has 0 saturated carbocycles. The fourth-order valence-electron chi connectivity index (χ4n) is 3.09. The Bertz CT molecular complexity index is 687. The van der Waals surface area contributed by atoms with Gasteiger partial charge < -0.3 is 24.6 Å². The number of hydrogen-bond donors (Lipinski definition) is 1. The van der Waals surface area contributed by atoms with Crippen molar-refractivity contribution in [3.05, 3.63) is 24.3 Å². The molecule has 8 heteroatoms. The van der Waals surface area contributed by atoms with Gasteiger partial charge >= 0.3 is 0 Å². The first kappa shape index (κ1) is 18.2. The number of likely N-dealkylation sites (N-methyl/N-ethyl adjacent to an activating group) is 1. The Kier molecular flexibility index (Phi) is 5.72. The van der Waals surface area contributed by atoms with E-state index in [1.165, 1.54) is 11.9 Å². The lowest BCUT2D eigenvalue weighted by Crippen LogP contribution is -2.50. The minimum atomic E-state index is -0.770. The van der Waals surface area contributed by atoms with Crippen molar-refractivity contribution in [2.45, 2.75) is 18.9 Å². The molecular formula is C18H23N3O5. The Hall–Kier alpha value is -2.61. The third-order valence-electron chi connectivity index (χ3n) is 4.53. The van der Waals surface area contributed by atoms with Gasteiger partial charge in [-0.1, -0.05) is 12.1 Å². The van der Waals surface area contributed by atoms with Crippen molar-refractivity contribution in [1.82, 2.24) is 10.2 Å². The highest BCUT2D eigenvalue weighted by atomic mass is 16.5. The van der Waals surface area contributed by atoms with Crippen molar-refractivity contribution in [2.75, 3.05) is 44.8 Å². The standard InChI is InChI=1S/C18H23N3O5/c1-19-18(24)15-12-21(13-4-2-3-5-14(13)26-15)17(23)7-6-16(22)20-8-10-25-11-9-20/h2-5,15H,6-12H2,1H3,(H,19,24)/t15-/m1/s1.